The van der Waals surface area contributed by atoms with E-state index in [1.54, 1.807) is 31.5 Å². The predicted molar refractivity (Wildman–Crippen MR) is 204 cm³/mol. The highest BCUT2D eigenvalue weighted by molar-refractivity contribution is 5.93. The molecule has 49 heavy (non-hydrogen) atoms. The molecule has 1 unspecified atom stereocenters. The number of ether oxygens (including phenoxy) is 1. The third-order valence-corrected chi connectivity index (χ3v) is 6.27. The Morgan fingerprint density at radius 3 is 2.14 bits per heavy atom. The van der Waals surface area contributed by atoms with Crippen molar-refractivity contribution >= 4 is 34.5 Å². The van der Waals surface area contributed by atoms with Crippen molar-refractivity contribution in [3.05, 3.63) is 116 Å². The van der Waals surface area contributed by atoms with E-state index in [2.05, 4.69) is 39.1 Å². The zero-order valence-corrected chi connectivity index (χ0v) is 29.0. The van der Waals surface area contributed by atoms with Crippen LogP contribution in [-0.4, -0.2) is 47.4 Å². The summed E-state index contributed by atoms with van der Waals surface area (Å²) in [5, 5.41) is 9.70. The van der Waals surface area contributed by atoms with E-state index >= 15 is 0 Å². The Balaban J connectivity index is 0.00000235. The van der Waals surface area contributed by atoms with Crippen LogP contribution in [0.3, 0.4) is 0 Å². The normalized spacial score (nSPS) is 9.98. The van der Waals surface area contributed by atoms with Crippen LogP contribution in [0.5, 0.6) is 0 Å². The summed E-state index contributed by atoms with van der Waals surface area (Å²) < 4.78 is 5.12. The Morgan fingerprint density at radius 2 is 1.51 bits per heavy atom. The molecule has 0 aliphatic rings. The number of carbonyl (C=O) groups is 3. The molecule has 2 amide bonds. The fourth-order valence-electron chi connectivity index (χ4n) is 4.32. The molecule has 0 saturated carbocycles. The van der Waals surface area contributed by atoms with E-state index < -0.39 is 17.9 Å². The lowest BCUT2D eigenvalue weighted by molar-refractivity contribution is -0.144. The topological polar surface area (TPSA) is 122 Å². The monoisotopic (exact) mass is 669 g/mol. The van der Waals surface area contributed by atoms with E-state index in [-0.39, 0.29) is 39.3 Å². The van der Waals surface area contributed by atoms with Crippen LogP contribution in [0, 0.1) is 0 Å². The van der Waals surface area contributed by atoms with E-state index in [0.717, 1.165) is 33.4 Å². The molecule has 0 aliphatic heterocycles. The van der Waals surface area contributed by atoms with Crippen LogP contribution < -0.4 is 16.0 Å². The van der Waals surface area contributed by atoms with Gasteiger partial charge in [-0.3, -0.25) is 19.4 Å². The number of rotatable bonds is 13. The first kappa shape index (κ1) is 43.7. The van der Waals surface area contributed by atoms with Gasteiger partial charge in [0.15, 0.2) is 0 Å². The Kier molecular flexibility index (Phi) is 23.8. The molecular weight excluding hydrogens is 614 g/mol. The number of nitrogens with one attached hydrogen (secondary N) is 3. The number of carbonyl (C=O) groups excluding carboxylic acids is 3. The number of para-hydroxylation sites is 1. The number of nitrogens with zero attached hydrogens (tertiary/aromatic N) is 2. The van der Waals surface area contributed by atoms with Gasteiger partial charge >= 0.3 is 5.97 Å². The molecular formula is C40H55N5O4. The second-order valence-corrected chi connectivity index (χ2v) is 9.97. The van der Waals surface area contributed by atoms with Crippen molar-refractivity contribution in [3.63, 3.8) is 0 Å². The third kappa shape index (κ3) is 16.9. The highest BCUT2D eigenvalue weighted by atomic mass is 16.5. The molecule has 2 aromatic carbocycles. The third-order valence-electron chi connectivity index (χ3n) is 6.27. The second-order valence-electron chi connectivity index (χ2n) is 9.97. The summed E-state index contributed by atoms with van der Waals surface area (Å²) in [7, 11) is 0. The average Bonchev–Trinajstić information content (AvgIpc) is 3.11. The van der Waals surface area contributed by atoms with Crippen molar-refractivity contribution in [2.45, 2.75) is 67.3 Å². The Hall–Kier alpha value is -5.31. The quantitative estimate of drug-likeness (QED) is 0.0742. The van der Waals surface area contributed by atoms with Gasteiger partial charge in [0, 0.05) is 36.3 Å². The van der Waals surface area contributed by atoms with Crippen LogP contribution in [0.2, 0.25) is 0 Å². The Labute approximate surface area is 293 Å². The number of hydrogen-bond acceptors (Lipinski definition) is 7. The van der Waals surface area contributed by atoms with Gasteiger partial charge in [0.2, 0.25) is 11.8 Å². The SMILES string of the molecule is C.C=CC.C=CC.CC.CCOC(=O)CC(NC(=O)CNC(=O)CCCNc1ccccn1)c1ccc(-c2cccc3cccnc23)cc1. The number of aromatic nitrogens is 2. The molecule has 4 rings (SSSR count). The van der Waals surface area contributed by atoms with Gasteiger partial charge in [0.05, 0.1) is 31.1 Å². The maximum Gasteiger partial charge on any atom is 0.308 e. The van der Waals surface area contributed by atoms with E-state index in [9.17, 15) is 14.4 Å². The average molecular weight is 670 g/mol. The summed E-state index contributed by atoms with van der Waals surface area (Å²) in [6, 6.07) is 22.6. The van der Waals surface area contributed by atoms with Crippen LogP contribution >= 0.6 is 0 Å². The predicted octanol–water partition coefficient (Wildman–Crippen LogP) is 8.46. The Morgan fingerprint density at radius 1 is 0.857 bits per heavy atom. The maximum atomic E-state index is 12.7. The zero-order chi connectivity index (χ0) is 35.6. The lowest BCUT2D eigenvalue weighted by atomic mass is 9.97. The molecule has 0 radical (unpaired) electrons. The number of esters is 1. The van der Waals surface area contributed by atoms with Gasteiger partial charge in [-0.25, -0.2) is 4.98 Å². The zero-order valence-electron chi connectivity index (χ0n) is 29.0. The molecule has 0 fully saturated rings. The van der Waals surface area contributed by atoms with E-state index in [4.69, 9.17) is 4.74 Å². The van der Waals surface area contributed by atoms with Crippen molar-refractivity contribution < 1.29 is 19.1 Å². The van der Waals surface area contributed by atoms with Crippen LogP contribution in [0.4, 0.5) is 5.82 Å². The van der Waals surface area contributed by atoms with Crippen LogP contribution in [0.15, 0.2) is 111 Å². The standard InChI is InChI=1S/C31H33N5O4.2C3H6.C2H6.CH4/c1-2-40-30(39)20-26(36-29(38)21-35-28(37)12-7-18-33-27-11-3-4-17-32-27)23-15-13-22(14-16-23)25-10-5-8-24-9-6-19-34-31(24)25;2*1-3-2;1-2;/h3-6,8-11,13-17,19,26H,2,7,12,18,20-21H2,1H3,(H,32,33)(H,35,37)(H,36,38);2*3H,1H2,2H3;1-2H3;1H4. The summed E-state index contributed by atoms with van der Waals surface area (Å²) in [6.45, 7) is 16.9. The highest BCUT2D eigenvalue weighted by Gasteiger charge is 2.20. The number of fused-ring (bicyclic) bond motifs is 1. The van der Waals surface area contributed by atoms with Gasteiger partial charge < -0.3 is 20.7 Å². The van der Waals surface area contributed by atoms with Crippen LogP contribution in [-0.2, 0) is 19.1 Å². The van der Waals surface area contributed by atoms with Gasteiger partial charge in [-0.15, -0.1) is 13.2 Å². The molecule has 3 N–H and O–H groups in total. The highest BCUT2D eigenvalue weighted by Crippen LogP contribution is 2.28. The number of hydrogen-bond donors (Lipinski definition) is 3. The van der Waals surface area contributed by atoms with Crippen LogP contribution in [0.1, 0.15) is 72.9 Å². The lowest BCUT2D eigenvalue weighted by Crippen LogP contribution is -2.39. The summed E-state index contributed by atoms with van der Waals surface area (Å²) in [6.07, 6.45) is 7.79. The lowest BCUT2D eigenvalue weighted by Gasteiger charge is -2.19. The first-order chi connectivity index (χ1) is 23.4. The molecule has 1 atom stereocenters. The largest absolute Gasteiger partial charge is 0.466 e. The fraction of sp³-hybridized carbons (Fsp3) is 0.325. The van der Waals surface area contributed by atoms with Crippen molar-refractivity contribution in [2.24, 2.45) is 0 Å². The van der Waals surface area contributed by atoms with Crippen LogP contribution in [0.25, 0.3) is 22.0 Å². The van der Waals surface area contributed by atoms with E-state index in [1.165, 1.54) is 0 Å². The number of anilines is 1. The molecule has 0 spiro atoms. The van der Waals surface area contributed by atoms with Crippen molar-refractivity contribution in [2.75, 3.05) is 25.0 Å². The van der Waals surface area contributed by atoms with Crippen molar-refractivity contribution in [3.8, 4) is 11.1 Å². The number of pyridine rings is 2. The summed E-state index contributed by atoms with van der Waals surface area (Å²) in [5.74, 6) is -0.291. The number of amides is 2. The first-order valence-corrected chi connectivity index (χ1v) is 16.3. The van der Waals surface area contributed by atoms with Gasteiger partial charge in [-0.2, -0.15) is 0 Å². The van der Waals surface area contributed by atoms with Gasteiger partial charge in [-0.05, 0) is 56.5 Å². The molecule has 264 valence electrons. The second kappa shape index (κ2) is 26.7. The molecule has 0 saturated heterocycles. The molecule has 9 nitrogen and oxygen atoms in total. The van der Waals surface area contributed by atoms with Gasteiger partial charge in [0.25, 0.3) is 0 Å². The molecule has 0 aliphatic carbocycles. The minimum atomic E-state index is -0.606. The van der Waals surface area contributed by atoms with E-state index in [1.807, 2.05) is 100 Å². The van der Waals surface area contributed by atoms with E-state index in [0.29, 0.717) is 13.0 Å². The number of benzene rings is 2. The molecule has 9 heteroatoms. The van der Waals surface area contributed by atoms with Gasteiger partial charge in [0.1, 0.15) is 5.82 Å². The number of allylic oxidation sites excluding steroid dienone is 2. The Bertz CT molecular complexity index is 1510. The fourth-order valence-corrected chi connectivity index (χ4v) is 4.32. The minimum absolute atomic E-state index is 0. The molecule has 2 aromatic heterocycles. The summed E-state index contributed by atoms with van der Waals surface area (Å²) in [4.78, 5) is 45.9. The van der Waals surface area contributed by atoms with Crippen molar-refractivity contribution in [1.29, 1.82) is 0 Å². The molecule has 2 heterocycles. The summed E-state index contributed by atoms with van der Waals surface area (Å²) in [5.41, 5.74) is 3.62. The molecule has 4 aromatic rings. The smallest absolute Gasteiger partial charge is 0.308 e. The molecule has 0 bridgehead atoms. The van der Waals surface area contributed by atoms with Gasteiger partial charge in [-0.1, -0.05) is 88.0 Å². The van der Waals surface area contributed by atoms with Crippen molar-refractivity contribution in [1.82, 2.24) is 20.6 Å². The minimum Gasteiger partial charge on any atom is -0.466 e. The maximum absolute atomic E-state index is 12.7. The summed E-state index contributed by atoms with van der Waals surface area (Å²) >= 11 is 0. The first-order valence-electron chi connectivity index (χ1n) is 16.3.